The van der Waals surface area contributed by atoms with E-state index in [1.807, 2.05) is 6.92 Å². The summed E-state index contributed by atoms with van der Waals surface area (Å²) < 4.78 is 0. The fourth-order valence-corrected chi connectivity index (χ4v) is 1.40. The number of aliphatic hydroxyl groups is 1. The van der Waals surface area contributed by atoms with Gasteiger partial charge >= 0.3 is 0 Å². The van der Waals surface area contributed by atoms with Gasteiger partial charge in [0.05, 0.1) is 12.6 Å². The van der Waals surface area contributed by atoms with Crippen molar-refractivity contribution in [3.8, 4) is 0 Å². The van der Waals surface area contributed by atoms with E-state index < -0.39 is 0 Å². The van der Waals surface area contributed by atoms with E-state index in [4.69, 9.17) is 5.11 Å². The van der Waals surface area contributed by atoms with Gasteiger partial charge in [0.25, 0.3) is 0 Å². The van der Waals surface area contributed by atoms with Gasteiger partial charge < -0.3 is 15.2 Å². The van der Waals surface area contributed by atoms with E-state index >= 15 is 0 Å². The van der Waals surface area contributed by atoms with Gasteiger partial charge in [0.2, 0.25) is 0 Å². The average molecular weight is 143 g/mol. The molecule has 0 amide bonds. The molecular weight excluding hydrogens is 130 g/mol. The Bertz CT molecular complexity index is 127. The molecule has 1 aliphatic heterocycles. The number of carbonyl (C=O) groups excluding carboxylic acids is 1. The largest absolute Gasteiger partial charge is 0.395 e. The zero-order chi connectivity index (χ0) is 7.56. The molecule has 2 N–H and O–H groups in total. The van der Waals surface area contributed by atoms with Crippen LogP contribution in [-0.4, -0.2) is 30.1 Å². The molecule has 0 aromatic rings. The molecule has 10 heavy (non-hydrogen) atoms. The van der Waals surface area contributed by atoms with Crippen molar-refractivity contribution in [2.75, 3.05) is 6.61 Å². The molecule has 2 unspecified atom stereocenters. The highest BCUT2D eigenvalue weighted by Crippen LogP contribution is 2.17. The molecule has 1 fully saturated rings. The maximum Gasteiger partial charge on any atom is 0.137 e. The van der Waals surface area contributed by atoms with Crippen LogP contribution in [0.3, 0.4) is 0 Å². The second-order valence-corrected chi connectivity index (χ2v) is 2.92. The molecule has 3 heteroatoms. The van der Waals surface area contributed by atoms with Crippen molar-refractivity contribution in [3.05, 3.63) is 0 Å². The monoisotopic (exact) mass is 143 g/mol. The molecule has 1 heterocycles. The standard InChI is InChI=1S/C7H13NO2/c1-5-2-6(3-9)8-7(5)4-10/h4-9H,2-3H2,1H3/t5?,6-,7?/m0/s1. The Hall–Kier alpha value is -0.410. The highest BCUT2D eigenvalue weighted by atomic mass is 16.3. The third-order valence-electron chi connectivity index (χ3n) is 2.06. The van der Waals surface area contributed by atoms with Gasteiger partial charge in [0, 0.05) is 6.04 Å². The van der Waals surface area contributed by atoms with Crippen LogP contribution in [0.15, 0.2) is 0 Å². The first-order chi connectivity index (χ1) is 4.77. The van der Waals surface area contributed by atoms with Crippen molar-refractivity contribution in [1.82, 2.24) is 5.32 Å². The zero-order valence-electron chi connectivity index (χ0n) is 6.08. The molecule has 0 aromatic heterocycles. The second-order valence-electron chi connectivity index (χ2n) is 2.92. The molecule has 0 radical (unpaired) electrons. The third-order valence-corrected chi connectivity index (χ3v) is 2.06. The van der Waals surface area contributed by atoms with Gasteiger partial charge in [-0.1, -0.05) is 6.92 Å². The summed E-state index contributed by atoms with van der Waals surface area (Å²) >= 11 is 0. The number of aliphatic hydroxyl groups excluding tert-OH is 1. The molecule has 3 nitrogen and oxygen atoms in total. The first kappa shape index (κ1) is 7.69. The van der Waals surface area contributed by atoms with Crippen molar-refractivity contribution < 1.29 is 9.90 Å². The second kappa shape index (κ2) is 3.12. The lowest BCUT2D eigenvalue weighted by molar-refractivity contribution is -0.109. The Balaban J connectivity index is 2.43. The molecule has 1 aliphatic rings. The summed E-state index contributed by atoms with van der Waals surface area (Å²) in [5, 5.41) is 11.7. The summed E-state index contributed by atoms with van der Waals surface area (Å²) in [6.07, 6.45) is 1.82. The molecule has 0 saturated carbocycles. The molecule has 0 bridgehead atoms. The number of hydrogen-bond acceptors (Lipinski definition) is 3. The number of carbonyl (C=O) groups is 1. The molecule has 0 aromatic carbocycles. The van der Waals surface area contributed by atoms with Crippen LogP contribution in [0.25, 0.3) is 0 Å². The smallest absolute Gasteiger partial charge is 0.137 e. The van der Waals surface area contributed by atoms with Gasteiger partial charge in [-0.25, -0.2) is 0 Å². The first-order valence-corrected chi connectivity index (χ1v) is 3.60. The van der Waals surface area contributed by atoms with E-state index in [2.05, 4.69) is 5.32 Å². The lowest BCUT2D eigenvalue weighted by atomic mass is 10.0. The van der Waals surface area contributed by atoms with Crippen LogP contribution in [0.2, 0.25) is 0 Å². The third kappa shape index (κ3) is 1.36. The Labute approximate surface area is 60.4 Å². The van der Waals surface area contributed by atoms with E-state index in [1.165, 1.54) is 0 Å². The minimum Gasteiger partial charge on any atom is -0.395 e. The predicted molar refractivity (Wildman–Crippen MR) is 37.6 cm³/mol. The number of nitrogens with one attached hydrogen (secondary N) is 1. The quantitative estimate of drug-likeness (QED) is 0.514. The molecular formula is C7H13NO2. The van der Waals surface area contributed by atoms with E-state index in [-0.39, 0.29) is 18.7 Å². The summed E-state index contributed by atoms with van der Waals surface area (Å²) in [6, 6.07) is 0.0855. The molecule has 1 rings (SSSR count). The van der Waals surface area contributed by atoms with Crippen LogP contribution in [-0.2, 0) is 4.79 Å². The predicted octanol–water partition coefficient (Wildman–Crippen LogP) is -0.456. The number of rotatable bonds is 2. The lowest BCUT2D eigenvalue weighted by Gasteiger charge is -2.06. The van der Waals surface area contributed by atoms with Crippen LogP contribution in [0.1, 0.15) is 13.3 Å². The maximum absolute atomic E-state index is 10.3. The van der Waals surface area contributed by atoms with E-state index in [0.29, 0.717) is 5.92 Å². The van der Waals surface area contributed by atoms with Gasteiger partial charge in [0.15, 0.2) is 0 Å². The highest BCUT2D eigenvalue weighted by Gasteiger charge is 2.29. The molecule has 3 atom stereocenters. The molecule has 0 aliphatic carbocycles. The van der Waals surface area contributed by atoms with Crippen molar-refractivity contribution in [1.29, 1.82) is 0 Å². The van der Waals surface area contributed by atoms with Crippen LogP contribution >= 0.6 is 0 Å². The summed E-state index contributed by atoms with van der Waals surface area (Å²) in [7, 11) is 0. The fraction of sp³-hybridized carbons (Fsp3) is 0.857. The normalized spacial score (nSPS) is 40.0. The van der Waals surface area contributed by atoms with Gasteiger partial charge in [0.1, 0.15) is 6.29 Å². The Morgan fingerprint density at radius 1 is 1.80 bits per heavy atom. The van der Waals surface area contributed by atoms with Crippen LogP contribution in [0.5, 0.6) is 0 Å². The summed E-state index contributed by atoms with van der Waals surface area (Å²) in [4.78, 5) is 10.3. The van der Waals surface area contributed by atoms with E-state index in [1.54, 1.807) is 0 Å². The topological polar surface area (TPSA) is 49.3 Å². The highest BCUT2D eigenvalue weighted by molar-refractivity contribution is 5.58. The molecule has 0 spiro atoms. The van der Waals surface area contributed by atoms with Gasteiger partial charge in [-0.3, -0.25) is 0 Å². The fourth-order valence-electron chi connectivity index (χ4n) is 1.40. The van der Waals surface area contributed by atoms with Gasteiger partial charge in [-0.05, 0) is 12.3 Å². The zero-order valence-corrected chi connectivity index (χ0v) is 6.08. The van der Waals surface area contributed by atoms with Crippen molar-refractivity contribution in [2.45, 2.75) is 25.4 Å². The Morgan fingerprint density at radius 2 is 2.50 bits per heavy atom. The average Bonchev–Trinajstić information content (AvgIpc) is 2.30. The summed E-state index contributed by atoms with van der Waals surface area (Å²) in [5.41, 5.74) is 0. The van der Waals surface area contributed by atoms with Gasteiger partial charge in [-0.2, -0.15) is 0 Å². The van der Waals surface area contributed by atoms with Crippen molar-refractivity contribution >= 4 is 6.29 Å². The lowest BCUT2D eigenvalue weighted by Crippen LogP contribution is -2.33. The van der Waals surface area contributed by atoms with Crippen molar-refractivity contribution in [3.63, 3.8) is 0 Å². The number of hydrogen-bond donors (Lipinski definition) is 2. The minimum absolute atomic E-state index is 0.0443. The van der Waals surface area contributed by atoms with Crippen LogP contribution in [0.4, 0.5) is 0 Å². The van der Waals surface area contributed by atoms with Crippen LogP contribution in [0, 0.1) is 5.92 Å². The van der Waals surface area contributed by atoms with E-state index in [0.717, 1.165) is 12.7 Å². The van der Waals surface area contributed by atoms with Crippen molar-refractivity contribution in [2.24, 2.45) is 5.92 Å². The SMILES string of the molecule is CC1C[C@@H](CO)NC1C=O. The van der Waals surface area contributed by atoms with Gasteiger partial charge in [-0.15, -0.1) is 0 Å². The molecule has 58 valence electrons. The van der Waals surface area contributed by atoms with E-state index in [9.17, 15) is 4.79 Å². The minimum atomic E-state index is -0.0443. The molecule has 1 saturated heterocycles. The first-order valence-electron chi connectivity index (χ1n) is 3.60. The maximum atomic E-state index is 10.3. The summed E-state index contributed by atoms with van der Waals surface area (Å²) in [6.45, 7) is 2.15. The Morgan fingerprint density at radius 3 is 2.80 bits per heavy atom. The Kier molecular flexibility index (Phi) is 2.40. The number of aldehydes is 1. The summed E-state index contributed by atoms with van der Waals surface area (Å²) in [5.74, 6) is 0.370. The van der Waals surface area contributed by atoms with Crippen LogP contribution < -0.4 is 5.32 Å².